The number of rotatable bonds is 30. The van der Waals surface area contributed by atoms with Gasteiger partial charge in [-0.25, -0.2) is 19.0 Å². The number of carbonyl (C=O) groups is 10. The molecule has 10 N–H and O–H groups in total. The summed E-state index contributed by atoms with van der Waals surface area (Å²) in [5.74, 6) is -2.20. The number of nitrogens with zero attached hydrogens (tertiary/aromatic N) is 6. The molecule has 0 bridgehead atoms. The van der Waals surface area contributed by atoms with E-state index in [9.17, 15) is 47.9 Å². The zero-order valence-electron chi connectivity index (χ0n) is 63.9. The topological polar surface area (TPSA) is 359 Å². The normalized spacial score (nSPS) is 12.8. The molecule has 0 fully saturated rings. The van der Waals surface area contributed by atoms with E-state index < -0.39 is 18.0 Å². The van der Waals surface area contributed by atoms with Crippen molar-refractivity contribution >= 4 is 133 Å². The molecule has 4 aromatic heterocycles. The van der Waals surface area contributed by atoms with Gasteiger partial charge < -0.3 is 71.8 Å². The summed E-state index contributed by atoms with van der Waals surface area (Å²) in [6.45, 7) is 22.3. The van der Waals surface area contributed by atoms with Crippen LogP contribution in [0.25, 0.3) is 45.1 Å². The molecule has 2 aliphatic rings. The number of likely N-dealkylation sites (N-methyl/N-ethyl adjacent to an activating group) is 2. The van der Waals surface area contributed by atoms with E-state index in [0.29, 0.717) is 127 Å². The predicted molar refractivity (Wildman–Crippen MR) is 433 cm³/mol. The number of benzene rings is 6. The average molecular weight is 1520 g/mol. The fourth-order valence-electron chi connectivity index (χ4n) is 13.4. The smallest absolute Gasteiger partial charge is 0.323 e. The number of nitrogens with one attached hydrogen (secondary N) is 10. The van der Waals surface area contributed by atoms with E-state index in [2.05, 4.69) is 100 Å². The standard InChI is InChI=1S/C43H48N8O6.C41H44N8O6/c1-5-50(6-2)22-21-44-42(55)40-27(3)36(47-28(40)4)25-34-33-24-32(17-18-35(33)49-41(34)54)57-39(53)14-10-13-38(52)51-37-23-31(16-15-30(37)26-46-51)48-43(56)45-20-19-29-11-8-7-9-12-29;1-5-48(6-2)20-19-42-40(53)38-25(3)34(44-26(38)4)23-32-31-22-30(17-18-33(31)47-39(32)52)55-37(51)14-10-13-36(50)49-35-21-29(16-15-27(35)24-43-49)46-41(54)45-28-11-8-7-9-12-28/h7-9,11-12,15-18,23-26,47H,5-6,10,13-14,19-22H2,1-4H3,(H,44,55)(H,49,54)(H2,45,48,56);7-9,11-12,15-18,21-24,44H,5-6,10,13-14,19-20H2,1-4H3,(H,42,53)(H,47,52)(H2,45,46,54)/b34-25-;32-23-. The van der Waals surface area contributed by atoms with E-state index in [0.717, 1.165) is 61.3 Å². The predicted octanol–water partition coefficient (Wildman–Crippen LogP) is 12.9. The molecule has 112 heavy (non-hydrogen) atoms. The molecule has 0 unspecified atom stereocenters. The number of anilines is 5. The monoisotopic (exact) mass is 1520 g/mol. The highest BCUT2D eigenvalue weighted by atomic mass is 16.5. The first-order chi connectivity index (χ1) is 54.1. The number of aromatic nitrogens is 6. The van der Waals surface area contributed by atoms with E-state index in [-0.39, 0.29) is 91.5 Å². The Morgan fingerprint density at radius 2 is 0.902 bits per heavy atom. The second-order valence-electron chi connectivity index (χ2n) is 27.0. The Morgan fingerprint density at radius 1 is 0.473 bits per heavy atom. The van der Waals surface area contributed by atoms with Gasteiger partial charge in [-0.3, -0.25) is 38.4 Å². The van der Waals surface area contributed by atoms with Crippen LogP contribution in [-0.4, -0.2) is 158 Å². The van der Waals surface area contributed by atoms with Gasteiger partial charge in [-0.1, -0.05) is 76.2 Å². The van der Waals surface area contributed by atoms with Crippen molar-refractivity contribution in [2.24, 2.45) is 0 Å². The maximum Gasteiger partial charge on any atom is 0.323 e. The number of para-hydroxylation sites is 1. The molecule has 28 nitrogen and oxygen atoms in total. The Kier molecular flexibility index (Phi) is 26.7. The van der Waals surface area contributed by atoms with Crippen LogP contribution in [0.4, 0.5) is 38.0 Å². The van der Waals surface area contributed by atoms with Gasteiger partial charge in [0.25, 0.3) is 23.6 Å². The number of ether oxygens (including phenoxy) is 2. The highest BCUT2D eigenvalue weighted by Gasteiger charge is 2.30. The van der Waals surface area contributed by atoms with Crippen LogP contribution in [0.2, 0.25) is 0 Å². The molecule has 0 atom stereocenters. The first-order valence-corrected chi connectivity index (χ1v) is 37.5. The van der Waals surface area contributed by atoms with Crippen LogP contribution in [-0.2, 0) is 25.6 Å². The van der Waals surface area contributed by atoms with Crippen molar-refractivity contribution in [2.75, 3.05) is 85.5 Å². The Hall–Kier alpha value is -13.1. The third kappa shape index (κ3) is 20.0. The third-order valence-corrected chi connectivity index (χ3v) is 19.5. The van der Waals surface area contributed by atoms with Crippen LogP contribution in [0.15, 0.2) is 146 Å². The molecule has 0 saturated heterocycles. The third-order valence-electron chi connectivity index (χ3n) is 19.5. The van der Waals surface area contributed by atoms with Crippen molar-refractivity contribution in [3.05, 3.63) is 208 Å². The molecule has 0 spiro atoms. The SMILES string of the molecule is CCN(CC)CCNC(=O)c1c(C)[nH]c(/C=C2\C(=O)Nc3ccc(OC(=O)CCCC(=O)n4ncc5ccc(NC(=O)NCCc6ccccc6)cc54)cc32)c1C.CCN(CC)CCNC(=O)c1c(C)[nH]c(/C=C2\C(=O)Nc3ccc(OC(=O)CCCC(=O)n4ncc5ccc(NC(=O)Nc6ccccc6)cc54)cc32)c1C. The lowest BCUT2D eigenvalue weighted by molar-refractivity contribution is -0.135. The second kappa shape index (κ2) is 37.4. The number of carbonyl (C=O) groups excluding carboxylic acids is 10. The van der Waals surface area contributed by atoms with Crippen molar-refractivity contribution < 1.29 is 57.4 Å². The average Bonchev–Trinajstić information content (AvgIpc) is 1.64. The van der Waals surface area contributed by atoms with Gasteiger partial charge >= 0.3 is 24.0 Å². The van der Waals surface area contributed by atoms with Crippen LogP contribution in [0.1, 0.15) is 147 Å². The van der Waals surface area contributed by atoms with Crippen LogP contribution < -0.4 is 52.0 Å². The van der Waals surface area contributed by atoms with Gasteiger partial charge in [0.05, 0.1) is 45.7 Å². The molecule has 8 amide bonds. The highest BCUT2D eigenvalue weighted by Crippen LogP contribution is 2.39. The van der Waals surface area contributed by atoms with Crippen LogP contribution in [0.3, 0.4) is 0 Å². The quantitative estimate of drug-likeness (QED) is 0.0114. The molecule has 10 aromatic rings. The number of aromatic amines is 2. The lowest BCUT2D eigenvalue weighted by atomic mass is 10.0. The summed E-state index contributed by atoms with van der Waals surface area (Å²) < 4.78 is 13.8. The maximum atomic E-state index is 13.2. The zero-order valence-corrected chi connectivity index (χ0v) is 63.9. The zero-order chi connectivity index (χ0) is 79.5. The van der Waals surface area contributed by atoms with Crippen molar-refractivity contribution in [3.63, 3.8) is 0 Å². The first kappa shape index (κ1) is 79.9. The maximum absolute atomic E-state index is 13.2. The molecule has 6 aromatic carbocycles. The molecule has 12 rings (SSSR count). The minimum absolute atomic E-state index is 0.0262. The second-order valence-corrected chi connectivity index (χ2v) is 27.0. The van der Waals surface area contributed by atoms with Crippen molar-refractivity contribution in [2.45, 2.75) is 100 Å². The van der Waals surface area contributed by atoms with Crippen LogP contribution >= 0.6 is 0 Å². The number of hydrogen-bond donors (Lipinski definition) is 10. The number of esters is 2. The summed E-state index contributed by atoms with van der Waals surface area (Å²) in [6, 6.07) is 38.2. The van der Waals surface area contributed by atoms with Crippen molar-refractivity contribution in [3.8, 4) is 11.5 Å². The van der Waals surface area contributed by atoms with Gasteiger partial charge in [0, 0.05) is 132 Å². The van der Waals surface area contributed by atoms with Gasteiger partial charge in [0.2, 0.25) is 11.8 Å². The summed E-state index contributed by atoms with van der Waals surface area (Å²) in [5.41, 5.74) is 11.9. The largest absolute Gasteiger partial charge is 0.427 e. The Bertz CT molecular complexity index is 5260. The summed E-state index contributed by atoms with van der Waals surface area (Å²) in [6.07, 6.45) is 7.66. The van der Waals surface area contributed by atoms with E-state index in [1.807, 2.05) is 76.2 Å². The number of urea groups is 2. The lowest BCUT2D eigenvalue weighted by Crippen LogP contribution is -2.35. The fourth-order valence-corrected chi connectivity index (χ4v) is 13.4. The summed E-state index contributed by atoms with van der Waals surface area (Å²) in [4.78, 5) is 140. The van der Waals surface area contributed by atoms with Gasteiger partial charge in [-0.05, 0) is 187 Å². The van der Waals surface area contributed by atoms with Crippen molar-refractivity contribution in [1.82, 2.24) is 55.3 Å². The van der Waals surface area contributed by atoms with Crippen molar-refractivity contribution in [1.29, 1.82) is 0 Å². The van der Waals surface area contributed by atoms with Gasteiger partial charge in [0.15, 0.2) is 0 Å². The molecule has 28 heteroatoms. The lowest BCUT2D eigenvalue weighted by Gasteiger charge is -2.18. The van der Waals surface area contributed by atoms with E-state index in [1.54, 1.807) is 109 Å². The number of hydrogen-bond acceptors (Lipinski definition) is 16. The molecule has 2 aliphatic heterocycles. The molecule has 0 radical (unpaired) electrons. The molecule has 580 valence electrons. The van der Waals surface area contributed by atoms with E-state index in [1.165, 1.54) is 9.36 Å². The fraction of sp³-hybridized carbons (Fsp3) is 0.286. The molecule has 0 saturated carbocycles. The van der Waals surface area contributed by atoms with Gasteiger partial charge in [0.1, 0.15) is 11.5 Å². The molecule has 0 aliphatic carbocycles. The molecular weight excluding hydrogens is 1430 g/mol. The number of fused-ring (bicyclic) bond motifs is 4. The Balaban J connectivity index is 0.000000222. The molecule has 6 heterocycles. The van der Waals surface area contributed by atoms with Gasteiger partial charge in [-0.15, -0.1) is 0 Å². The number of amides is 8. The van der Waals surface area contributed by atoms with Gasteiger partial charge in [-0.2, -0.15) is 10.2 Å². The van der Waals surface area contributed by atoms with E-state index >= 15 is 0 Å². The number of H-pyrrole nitrogens is 2. The molecular formula is C84H92N16O12. The Labute approximate surface area is 647 Å². The summed E-state index contributed by atoms with van der Waals surface area (Å²) >= 11 is 0. The van der Waals surface area contributed by atoms with E-state index in [4.69, 9.17) is 9.47 Å². The minimum Gasteiger partial charge on any atom is -0.427 e. The minimum atomic E-state index is -0.538. The Morgan fingerprint density at radius 3 is 1.35 bits per heavy atom. The van der Waals surface area contributed by atoms with Crippen LogP contribution in [0, 0.1) is 27.7 Å². The number of aryl methyl sites for hydroxylation is 2. The highest BCUT2D eigenvalue weighted by molar-refractivity contribution is 6.36. The first-order valence-electron chi connectivity index (χ1n) is 37.5. The van der Waals surface area contributed by atoms with Crippen LogP contribution in [0.5, 0.6) is 11.5 Å². The summed E-state index contributed by atoms with van der Waals surface area (Å²) in [7, 11) is 0. The summed E-state index contributed by atoms with van der Waals surface area (Å²) in [5, 5.41) is 32.8.